The summed E-state index contributed by atoms with van der Waals surface area (Å²) < 4.78 is 0. The van der Waals surface area contributed by atoms with Gasteiger partial charge < -0.3 is 10.4 Å². The molecule has 0 heterocycles. The number of hydrogen-bond donors (Lipinski definition) is 2. The van der Waals surface area contributed by atoms with Crippen LogP contribution in [-0.2, 0) is 4.79 Å². The fraction of sp³-hybridized carbons (Fsp3) is 0.500. The largest absolute Gasteiger partial charge is 0.481 e. The van der Waals surface area contributed by atoms with Gasteiger partial charge in [-0.15, -0.1) is 0 Å². The first-order valence-electron chi connectivity index (χ1n) is 6.26. The fourth-order valence-corrected chi connectivity index (χ4v) is 2.31. The molecule has 0 amide bonds. The van der Waals surface area contributed by atoms with Gasteiger partial charge >= 0.3 is 5.97 Å². The lowest BCUT2D eigenvalue weighted by Gasteiger charge is -2.19. The smallest absolute Gasteiger partial charge is 0.305 e. The van der Waals surface area contributed by atoms with Crippen molar-refractivity contribution in [2.24, 2.45) is 0 Å². The topological polar surface area (TPSA) is 49.3 Å². The Morgan fingerprint density at radius 1 is 1.47 bits per heavy atom. The van der Waals surface area contributed by atoms with E-state index in [0.29, 0.717) is 5.92 Å². The van der Waals surface area contributed by atoms with E-state index >= 15 is 0 Å². The van der Waals surface area contributed by atoms with Gasteiger partial charge in [0, 0.05) is 6.04 Å². The molecule has 0 aromatic heterocycles. The van der Waals surface area contributed by atoms with Crippen molar-refractivity contribution in [3.63, 3.8) is 0 Å². The van der Waals surface area contributed by atoms with E-state index in [2.05, 4.69) is 17.4 Å². The van der Waals surface area contributed by atoms with Gasteiger partial charge in [0.2, 0.25) is 0 Å². The van der Waals surface area contributed by atoms with E-state index < -0.39 is 5.97 Å². The molecule has 17 heavy (non-hydrogen) atoms. The van der Waals surface area contributed by atoms with Gasteiger partial charge in [0.15, 0.2) is 0 Å². The van der Waals surface area contributed by atoms with Crippen molar-refractivity contribution in [1.82, 2.24) is 5.32 Å². The number of rotatable bonds is 6. The number of aliphatic carboxylic acids is 1. The van der Waals surface area contributed by atoms with Crippen molar-refractivity contribution in [1.29, 1.82) is 0 Å². The first-order chi connectivity index (χ1) is 8.22. The zero-order valence-corrected chi connectivity index (χ0v) is 10.1. The van der Waals surface area contributed by atoms with Crippen LogP contribution < -0.4 is 5.32 Å². The van der Waals surface area contributed by atoms with Crippen molar-refractivity contribution in [3.8, 4) is 0 Å². The first-order valence-corrected chi connectivity index (χ1v) is 6.26. The van der Waals surface area contributed by atoms with Crippen LogP contribution >= 0.6 is 0 Å². The lowest BCUT2D eigenvalue weighted by atomic mass is 9.95. The SMILES string of the molecule is CCNC(CC(=O)O)c1ccccc1C1CC1. The first kappa shape index (κ1) is 12.1. The van der Waals surface area contributed by atoms with E-state index in [0.717, 1.165) is 6.54 Å². The molecule has 0 radical (unpaired) electrons. The minimum Gasteiger partial charge on any atom is -0.481 e. The predicted molar refractivity (Wildman–Crippen MR) is 67.1 cm³/mol. The van der Waals surface area contributed by atoms with Gasteiger partial charge in [-0.05, 0) is 36.4 Å². The minimum atomic E-state index is -0.749. The van der Waals surface area contributed by atoms with Gasteiger partial charge in [-0.25, -0.2) is 0 Å². The number of nitrogens with one attached hydrogen (secondary N) is 1. The summed E-state index contributed by atoms with van der Waals surface area (Å²) in [7, 11) is 0. The molecule has 1 unspecified atom stereocenters. The van der Waals surface area contributed by atoms with E-state index in [9.17, 15) is 4.79 Å². The van der Waals surface area contributed by atoms with Crippen LogP contribution in [0.15, 0.2) is 24.3 Å². The second kappa shape index (κ2) is 5.32. The third-order valence-electron chi connectivity index (χ3n) is 3.22. The van der Waals surface area contributed by atoms with E-state index in [1.807, 2.05) is 19.1 Å². The molecule has 3 nitrogen and oxygen atoms in total. The molecule has 1 atom stereocenters. The number of benzene rings is 1. The van der Waals surface area contributed by atoms with Gasteiger partial charge in [-0.2, -0.15) is 0 Å². The van der Waals surface area contributed by atoms with E-state index in [-0.39, 0.29) is 12.5 Å². The molecule has 2 rings (SSSR count). The van der Waals surface area contributed by atoms with Crippen molar-refractivity contribution < 1.29 is 9.90 Å². The third kappa shape index (κ3) is 3.07. The van der Waals surface area contributed by atoms with Crippen molar-refractivity contribution in [2.75, 3.05) is 6.54 Å². The van der Waals surface area contributed by atoms with Crippen molar-refractivity contribution in [2.45, 2.75) is 38.1 Å². The van der Waals surface area contributed by atoms with Crippen LogP contribution in [0.5, 0.6) is 0 Å². The normalized spacial score (nSPS) is 16.8. The van der Waals surface area contributed by atoms with Crippen molar-refractivity contribution in [3.05, 3.63) is 35.4 Å². The molecule has 1 aromatic carbocycles. The molecule has 1 aliphatic carbocycles. The summed E-state index contributed by atoms with van der Waals surface area (Å²) in [5.74, 6) is -0.0947. The van der Waals surface area contributed by atoms with Crippen LogP contribution in [0.3, 0.4) is 0 Å². The van der Waals surface area contributed by atoms with E-state index in [4.69, 9.17) is 5.11 Å². The highest BCUT2D eigenvalue weighted by atomic mass is 16.4. The van der Waals surface area contributed by atoms with Gasteiger partial charge in [0.05, 0.1) is 6.42 Å². The summed E-state index contributed by atoms with van der Waals surface area (Å²) in [5, 5.41) is 12.2. The Morgan fingerprint density at radius 2 is 2.18 bits per heavy atom. The highest BCUT2D eigenvalue weighted by Crippen LogP contribution is 2.43. The molecule has 2 N–H and O–H groups in total. The molecule has 1 aromatic rings. The Kier molecular flexibility index (Phi) is 3.79. The second-order valence-electron chi connectivity index (χ2n) is 4.61. The zero-order chi connectivity index (χ0) is 12.3. The summed E-state index contributed by atoms with van der Waals surface area (Å²) in [6.07, 6.45) is 2.63. The molecule has 1 fully saturated rings. The molecule has 0 saturated heterocycles. The lowest BCUT2D eigenvalue weighted by molar-refractivity contribution is -0.137. The lowest BCUT2D eigenvalue weighted by Crippen LogP contribution is -2.24. The fourth-order valence-electron chi connectivity index (χ4n) is 2.31. The van der Waals surface area contributed by atoms with Crippen LogP contribution in [0.25, 0.3) is 0 Å². The molecule has 92 valence electrons. The predicted octanol–water partition coefficient (Wildman–Crippen LogP) is 2.69. The van der Waals surface area contributed by atoms with Crippen LogP contribution in [0.1, 0.15) is 49.3 Å². The Balaban J connectivity index is 2.24. The van der Waals surface area contributed by atoms with Gasteiger partial charge in [-0.1, -0.05) is 31.2 Å². The molecule has 3 heteroatoms. The summed E-state index contributed by atoms with van der Waals surface area (Å²) in [4.78, 5) is 10.9. The Morgan fingerprint density at radius 3 is 2.76 bits per heavy atom. The number of hydrogen-bond acceptors (Lipinski definition) is 2. The van der Waals surface area contributed by atoms with E-state index in [1.165, 1.54) is 24.0 Å². The summed E-state index contributed by atoms with van der Waals surface area (Å²) in [6.45, 7) is 2.80. The molecular weight excluding hydrogens is 214 g/mol. The van der Waals surface area contributed by atoms with Gasteiger partial charge in [0.25, 0.3) is 0 Å². The van der Waals surface area contributed by atoms with Gasteiger partial charge in [0.1, 0.15) is 0 Å². The molecule has 0 aliphatic heterocycles. The van der Waals surface area contributed by atoms with E-state index in [1.54, 1.807) is 0 Å². The highest BCUT2D eigenvalue weighted by Gasteiger charge is 2.28. The Hall–Kier alpha value is -1.35. The number of carbonyl (C=O) groups is 1. The summed E-state index contributed by atoms with van der Waals surface area (Å²) in [6, 6.07) is 8.17. The maximum absolute atomic E-state index is 10.9. The highest BCUT2D eigenvalue weighted by molar-refractivity contribution is 5.68. The maximum Gasteiger partial charge on any atom is 0.305 e. The third-order valence-corrected chi connectivity index (χ3v) is 3.22. The average Bonchev–Trinajstić information content (AvgIpc) is 3.12. The average molecular weight is 233 g/mol. The van der Waals surface area contributed by atoms with Crippen molar-refractivity contribution >= 4 is 5.97 Å². The number of carboxylic acids is 1. The van der Waals surface area contributed by atoms with Crippen LogP contribution in [0.2, 0.25) is 0 Å². The monoisotopic (exact) mass is 233 g/mol. The van der Waals surface area contributed by atoms with Crippen LogP contribution in [0.4, 0.5) is 0 Å². The molecule has 0 spiro atoms. The molecule has 1 saturated carbocycles. The number of carboxylic acid groups (broad SMARTS) is 1. The summed E-state index contributed by atoms with van der Waals surface area (Å²) in [5.41, 5.74) is 2.50. The Labute approximate surface area is 102 Å². The summed E-state index contributed by atoms with van der Waals surface area (Å²) >= 11 is 0. The standard InChI is InChI=1S/C14H19NO2/c1-2-15-13(9-14(16)17)12-6-4-3-5-11(12)10-7-8-10/h3-6,10,13,15H,2,7-9H2,1H3,(H,16,17). The quantitative estimate of drug-likeness (QED) is 0.794. The second-order valence-corrected chi connectivity index (χ2v) is 4.61. The molecule has 1 aliphatic rings. The molecule has 0 bridgehead atoms. The van der Waals surface area contributed by atoms with Crippen LogP contribution in [0, 0.1) is 0 Å². The minimum absolute atomic E-state index is 0.0608. The Bertz CT molecular complexity index is 399. The molecular formula is C14H19NO2. The van der Waals surface area contributed by atoms with Crippen LogP contribution in [-0.4, -0.2) is 17.6 Å². The van der Waals surface area contributed by atoms with Gasteiger partial charge in [-0.3, -0.25) is 4.79 Å². The zero-order valence-electron chi connectivity index (χ0n) is 10.1. The maximum atomic E-state index is 10.9.